The van der Waals surface area contributed by atoms with Crippen molar-refractivity contribution >= 4 is 5.91 Å². The SMILES string of the molecule is CCCCN(C)C(=O)CN1CCC2(CC1)OCCO2. The molecule has 0 aliphatic carbocycles. The predicted molar refractivity (Wildman–Crippen MR) is 72.9 cm³/mol. The summed E-state index contributed by atoms with van der Waals surface area (Å²) in [7, 11) is 1.90. The second kappa shape index (κ2) is 6.68. The molecule has 2 aliphatic heterocycles. The highest BCUT2D eigenvalue weighted by Gasteiger charge is 2.39. The minimum absolute atomic E-state index is 0.220. The van der Waals surface area contributed by atoms with Crippen molar-refractivity contribution in [3.05, 3.63) is 0 Å². The van der Waals surface area contributed by atoms with E-state index < -0.39 is 0 Å². The largest absolute Gasteiger partial charge is 0.347 e. The van der Waals surface area contributed by atoms with E-state index in [1.165, 1.54) is 0 Å². The van der Waals surface area contributed by atoms with Crippen LogP contribution in [0.1, 0.15) is 32.6 Å². The summed E-state index contributed by atoms with van der Waals surface area (Å²) in [6.07, 6.45) is 3.95. The number of unbranched alkanes of at least 4 members (excludes halogenated alkanes) is 1. The number of piperidine rings is 1. The van der Waals surface area contributed by atoms with Crippen LogP contribution in [0.5, 0.6) is 0 Å². The number of likely N-dealkylation sites (tertiary alicyclic amines) is 1. The normalized spacial score (nSPS) is 22.8. The molecular formula is C14H26N2O3. The fourth-order valence-corrected chi connectivity index (χ4v) is 2.67. The average molecular weight is 270 g/mol. The third-order valence-electron chi connectivity index (χ3n) is 4.06. The van der Waals surface area contributed by atoms with E-state index in [0.29, 0.717) is 19.8 Å². The quantitative estimate of drug-likeness (QED) is 0.750. The van der Waals surface area contributed by atoms with Crippen LogP contribution in [0.3, 0.4) is 0 Å². The maximum Gasteiger partial charge on any atom is 0.236 e. The number of ether oxygens (including phenoxy) is 2. The van der Waals surface area contributed by atoms with Gasteiger partial charge in [-0.25, -0.2) is 0 Å². The van der Waals surface area contributed by atoms with E-state index >= 15 is 0 Å². The molecule has 2 fully saturated rings. The van der Waals surface area contributed by atoms with Gasteiger partial charge in [0.1, 0.15) is 0 Å². The Balaban J connectivity index is 1.71. The molecule has 1 spiro atoms. The molecule has 0 saturated carbocycles. The fourth-order valence-electron chi connectivity index (χ4n) is 2.67. The van der Waals surface area contributed by atoms with E-state index in [0.717, 1.165) is 45.3 Å². The molecule has 0 atom stereocenters. The van der Waals surface area contributed by atoms with Gasteiger partial charge < -0.3 is 14.4 Å². The Kier molecular flexibility index (Phi) is 5.19. The highest BCUT2D eigenvalue weighted by Crippen LogP contribution is 2.31. The van der Waals surface area contributed by atoms with Gasteiger partial charge in [0.05, 0.1) is 19.8 Å². The molecule has 0 aromatic heterocycles. The number of nitrogens with zero attached hydrogens (tertiary/aromatic N) is 2. The standard InChI is InChI=1S/C14H26N2O3/c1-3-4-7-15(2)13(17)12-16-8-5-14(6-9-16)18-10-11-19-14/h3-12H2,1-2H3. The molecule has 5 heteroatoms. The molecule has 0 bridgehead atoms. The third-order valence-corrected chi connectivity index (χ3v) is 4.06. The minimum atomic E-state index is -0.340. The minimum Gasteiger partial charge on any atom is -0.347 e. The third kappa shape index (κ3) is 3.91. The van der Waals surface area contributed by atoms with E-state index in [9.17, 15) is 4.79 Å². The van der Waals surface area contributed by atoms with Gasteiger partial charge in [-0.3, -0.25) is 9.69 Å². The Bertz CT molecular complexity index is 293. The van der Waals surface area contributed by atoms with Gasteiger partial charge in [0.25, 0.3) is 0 Å². The monoisotopic (exact) mass is 270 g/mol. The predicted octanol–water partition coefficient (Wildman–Crippen LogP) is 1.08. The Labute approximate surface area is 115 Å². The molecular weight excluding hydrogens is 244 g/mol. The van der Waals surface area contributed by atoms with Crippen LogP contribution in [-0.4, -0.2) is 67.9 Å². The summed E-state index contributed by atoms with van der Waals surface area (Å²) in [6.45, 7) is 6.71. The van der Waals surface area contributed by atoms with Gasteiger partial charge in [-0.15, -0.1) is 0 Å². The van der Waals surface area contributed by atoms with Crippen molar-refractivity contribution < 1.29 is 14.3 Å². The number of carbonyl (C=O) groups is 1. The van der Waals surface area contributed by atoms with Crippen LogP contribution in [0.15, 0.2) is 0 Å². The molecule has 0 N–H and O–H groups in total. The molecule has 0 unspecified atom stereocenters. The molecule has 0 radical (unpaired) electrons. The summed E-state index contributed by atoms with van der Waals surface area (Å²) in [4.78, 5) is 16.1. The van der Waals surface area contributed by atoms with Crippen molar-refractivity contribution in [3.63, 3.8) is 0 Å². The lowest BCUT2D eigenvalue weighted by atomic mass is 10.0. The summed E-state index contributed by atoms with van der Waals surface area (Å²) < 4.78 is 11.4. The summed E-state index contributed by atoms with van der Waals surface area (Å²) in [5, 5.41) is 0. The van der Waals surface area contributed by atoms with Crippen molar-refractivity contribution in [3.8, 4) is 0 Å². The van der Waals surface area contributed by atoms with Gasteiger partial charge in [-0.1, -0.05) is 13.3 Å². The zero-order valence-electron chi connectivity index (χ0n) is 12.2. The first kappa shape index (κ1) is 14.8. The Morgan fingerprint density at radius 2 is 1.89 bits per heavy atom. The van der Waals surface area contributed by atoms with Crippen LogP contribution in [0, 0.1) is 0 Å². The second-order valence-corrected chi connectivity index (χ2v) is 5.55. The van der Waals surface area contributed by atoms with E-state index in [4.69, 9.17) is 9.47 Å². The topological polar surface area (TPSA) is 42.0 Å². The molecule has 0 aromatic carbocycles. The van der Waals surface area contributed by atoms with Crippen molar-refractivity contribution in [2.24, 2.45) is 0 Å². The number of amides is 1. The van der Waals surface area contributed by atoms with Crippen LogP contribution < -0.4 is 0 Å². The first-order chi connectivity index (χ1) is 9.15. The Morgan fingerprint density at radius 1 is 1.26 bits per heavy atom. The Hall–Kier alpha value is -0.650. The molecule has 2 rings (SSSR count). The maximum absolute atomic E-state index is 12.1. The zero-order chi connectivity index (χ0) is 13.7. The lowest BCUT2D eigenvalue weighted by Crippen LogP contribution is -2.48. The molecule has 2 aliphatic rings. The Morgan fingerprint density at radius 3 is 2.47 bits per heavy atom. The first-order valence-corrected chi connectivity index (χ1v) is 7.39. The molecule has 0 aromatic rings. The number of hydrogen-bond donors (Lipinski definition) is 0. The van der Waals surface area contributed by atoms with Gasteiger partial charge in [0, 0.05) is 39.5 Å². The van der Waals surface area contributed by atoms with Crippen LogP contribution in [-0.2, 0) is 14.3 Å². The van der Waals surface area contributed by atoms with Crippen molar-refractivity contribution in [2.75, 3.05) is 46.4 Å². The molecule has 2 saturated heterocycles. The van der Waals surface area contributed by atoms with E-state index in [2.05, 4.69) is 11.8 Å². The van der Waals surface area contributed by atoms with Gasteiger partial charge in [-0.2, -0.15) is 0 Å². The second-order valence-electron chi connectivity index (χ2n) is 5.55. The fraction of sp³-hybridized carbons (Fsp3) is 0.929. The maximum atomic E-state index is 12.1. The average Bonchev–Trinajstić information content (AvgIpc) is 2.87. The first-order valence-electron chi connectivity index (χ1n) is 7.39. The van der Waals surface area contributed by atoms with Crippen LogP contribution in [0.2, 0.25) is 0 Å². The van der Waals surface area contributed by atoms with Crippen molar-refractivity contribution in [1.82, 2.24) is 9.80 Å². The van der Waals surface area contributed by atoms with E-state index in [1.807, 2.05) is 11.9 Å². The number of hydrogen-bond acceptors (Lipinski definition) is 4. The number of rotatable bonds is 5. The molecule has 19 heavy (non-hydrogen) atoms. The molecule has 2 heterocycles. The van der Waals surface area contributed by atoms with Gasteiger partial charge in [-0.05, 0) is 6.42 Å². The lowest BCUT2D eigenvalue weighted by Gasteiger charge is -2.37. The molecule has 110 valence electrons. The summed E-state index contributed by atoms with van der Waals surface area (Å²) >= 11 is 0. The molecule has 5 nitrogen and oxygen atoms in total. The highest BCUT2D eigenvalue weighted by atomic mass is 16.7. The van der Waals surface area contributed by atoms with E-state index in [-0.39, 0.29) is 11.7 Å². The van der Waals surface area contributed by atoms with Gasteiger partial charge in [0.15, 0.2) is 5.79 Å². The highest BCUT2D eigenvalue weighted by molar-refractivity contribution is 5.77. The van der Waals surface area contributed by atoms with E-state index in [1.54, 1.807) is 0 Å². The number of likely N-dealkylation sites (N-methyl/N-ethyl adjacent to an activating group) is 1. The van der Waals surface area contributed by atoms with Gasteiger partial charge in [0.2, 0.25) is 5.91 Å². The van der Waals surface area contributed by atoms with Crippen molar-refractivity contribution in [2.45, 2.75) is 38.4 Å². The van der Waals surface area contributed by atoms with Crippen LogP contribution in [0.25, 0.3) is 0 Å². The summed E-state index contributed by atoms with van der Waals surface area (Å²) in [6, 6.07) is 0. The van der Waals surface area contributed by atoms with Gasteiger partial charge >= 0.3 is 0 Å². The summed E-state index contributed by atoms with van der Waals surface area (Å²) in [5.74, 6) is -0.120. The van der Waals surface area contributed by atoms with Crippen LogP contribution >= 0.6 is 0 Å². The zero-order valence-corrected chi connectivity index (χ0v) is 12.2. The van der Waals surface area contributed by atoms with Crippen LogP contribution in [0.4, 0.5) is 0 Å². The lowest BCUT2D eigenvalue weighted by molar-refractivity contribution is -0.186. The molecule has 1 amide bonds. The smallest absolute Gasteiger partial charge is 0.236 e. The number of carbonyl (C=O) groups excluding carboxylic acids is 1. The summed E-state index contributed by atoms with van der Waals surface area (Å²) in [5.41, 5.74) is 0. The van der Waals surface area contributed by atoms with Crippen molar-refractivity contribution in [1.29, 1.82) is 0 Å².